The highest BCUT2D eigenvalue weighted by Crippen LogP contribution is 2.52. The highest BCUT2D eigenvalue weighted by Gasteiger charge is 2.66. The molecule has 8 unspecified atom stereocenters. The Morgan fingerprint density at radius 3 is 2.48 bits per heavy atom. The van der Waals surface area contributed by atoms with Gasteiger partial charge in [0, 0.05) is 12.3 Å². The van der Waals surface area contributed by atoms with Gasteiger partial charge >= 0.3 is 11.9 Å². The molecule has 1 saturated carbocycles. The number of rotatable bonds is 5. The van der Waals surface area contributed by atoms with Crippen LogP contribution in [0.25, 0.3) is 0 Å². The van der Waals surface area contributed by atoms with Gasteiger partial charge in [0.1, 0.15) is 24.4 Å². The molecule has 12 nitrogen and oxygen atoms in total. The maximum absolute atomic E-state index is 12.6. The summed E-state index contributed by atoms with van der Waals surface area (Å²) < 4.78 is 20.7. The van der Waals surface area contributed by atoms with Gasteiger partial charge < -0.3 is 44.5 Å². The lowest BCUT2D eigenvalue weighted by Crippen LogP contribution is -2.61. The molecule has 0 amide bonds. The molecule has 0 aromatic carbocycles. The van der Waals surface area contributed by atoms with Crippen LogP contribution in [0.1, 0.15) is 12.8 Å². The molecular weight excluding hydrogens is 396 g/mol. The van der Waals surface area contributed by atoms with Crippen molar-refractivity contribution in [1.29, 1.82) is 0 Å². The van der Waals surface area contributed by atoms with Crippen molar-refractivity contribution in [3.8, 4) is 0 Å². The van der Waals surface area contributed by atoms with Crippen LogP contribution in [-0.2, 0) is 33.3 Å². The third kappa shape index (κ3) is 3.21. The number of aliphatic hydroxyl groups excluding tert-OH is 4. The standard InChI is InChI=1S/C17H22O12/c1-26-13(23)7-5-27-14(6-2-3-9(19)17(6,7)16(24)25)29-15-12(22)11(21)10(20)8(4-18)28-15/h5-6,8,10-12,14-15,18,20-22H,2-4H2,1H3,(H,24,25). The zero-order valence-corrected chi connectivity index (χ0v) is 15.3. The van der Waals surface area contributed by atoms with Crippen LogP contribution in [0, 0.1) is 11.3 Å². The second-order valence-corrected chi connectivity index (χ2v) is 7.04. The molecule has 2 heterocycles. The SMILES string of the molecule is COC(=O)C1=COC(OC2OC(CO)C(O)C(O)C2O)C2CCC(=O)C12C(=O)O. The maximum atomic E-state index is 12.6. The van der Waals surface area contributed by atoms with Crippen LogP contribution >= 0.6 is 0 Å². The average molecular weight is 418 g/mol. The largest absolute Gasteiger partial charge is 0.480 e. The summed E-state index contributed by atoms with van der Waals surface area (Å²) in [6, 6.07) is 0. The van der Waals surface area contributed by atoms with Gasteiger partial charge in [0.15, 0.2) is 17.5 Å². The van der Waals surface area contributed by atoms with Crippen molar-refractivity contribution in [2.75, 3.05) is 13.7 Å². The van der Waals surface area contributed by atoms with Gasteiger partial charge in [-0.15, -0.1) is 0 Å². The second-order valence-electron chi connectivity index (χ2n) is 7.04. The number of carboxylic acid groups (broad SMARTS) is 1. The van der Waals surface area contributed by atoms with E-state index in [0.29, 0.717) is 0 Å². The lowest BCUT2D eigenvalue weighted by molar-refractivity contribution is -0.342. The number of ketones is 1. The number of ether oxygens (including phenoxy) is 4. The summed E-state index contributed by atoms with van der Waals surface area (Å²) >= 11 is 0. The van der Waals surface area contributed by atoms with E-state index in [9.17, 15) is 39.9 Å². The number of aliphatic carboxylic acids is 1. The van der Waals surface area contributed by atoms with E-state index in [-0.39, 0.29) is 12.8 Å². The van der Waals surface area contributed by atoms with Crippen molar-refractivity contribution in [3.63, 3.8) is 0 Å². The molecule has 2 fully saturated rings. The molecular formula is C17H22O12. The summed E-state index contributed by atoms with van der Waals surface area (Å²) in [4.78, 5) is 36.8. The summed E-state index contributed by atoms with van der Waals surface area (Å²) in [5.74, 6) is -4.50. The molecule has 0 aromatic rings. The predicted molar refractivity (Wildman–Crippen MR) is 87.6 cm³/mol. The van der Waals surface area contributed by atoms with Crippen molar-refractivity contribution in [1.82, 2.24) is 0 Å². The first-order valence-electron chi connectivity index (χ1n) is 8.87. The fourth-order valence-corrected chi connectivity index (χ4v) is 4.07. The van der Waals surface area contributed by atoms with Crippen LogP contribution in [-0.4, -0.2) is 94.0 Å². The van der Waals surface area contributed by atoms with Crippen molar-refractivity contribution < 1.29 is 58.9 Å². The monoisotopic (exact) mass is 418 g/mol. The number of hydrogen-bond acceptors (Lipinski definition) is 11. The molecule has 3 rings (SSSR count). The first-order chi connectivity index (χ1) is 13.7. The van der Waals surface area contributed by atoms with Gasteiger partial charge in [0.25, 0.3) is 0 Å². The maximum Gasteiger partial charge on any atom is 0.338 e. The Bertz CT molecular complexity index is 717. The highest BCUT2D eigenvalue weighted by molar-refractivity contribution is 6.15. The third-order valence-electron chi connectivity index (χ3n) is 5.61. The van der Waals surface area contributed by atoms with E-state index in [1.165, 1.54) is 0 Å². The number of methoxy groups -OCH3 is 1. The van der Waals surface area contributed by atoms with E-state index in [1.807, 2.05) is 0 Å². The summed E-state index contributed by atoms with van der Waals surface area (Å²) in [5.41, 5.74) is -2.74. The van der Waals surface area contributed by atoms with Gasteiger partial charge in [-0.3, -0.25) is 9.59 Å². The molecule has 162 valence electrons. The molecule has 8 atom stereocenters. The van der Waals surface area contributed by atoms with Gasteiger partial charge in [-0.05, 0) is 6.42 Å². The predicted octanol–water partition coefficient (Wildman–Crippen LogP) is -2.73. The minimum absolute atomic E-state index is 0.00154. The molecule has 2 aliphatic heterocycles. The number of Topliss-reactive ketones (excluding diaryl/α,β-unsaturated/α-hetero) is 1. The van der Waals surface area contributed by atoms with Crippen LogP contribution in [0.3, 0.4) is 0 Å². The normalized spacial score (nSPS) is 41.9. The quantitative estimate of drug-likeness (QED) is 0.229. The van der Waals surface area contributed by atoms with E-state index in [1.54, 1.807) is 0 Å². The number of aliphatic hydroxyl groups is 4. The first kappa shape index (κ1) is 21.6. The molecule has 5 N–H and O–H groups in total. The van der Waals surface area contributed by atoms with Crippen molar-refractivity contribution >= 4 is 17.7 Å². The van der Waals surface area contributed by atoms with Crippen LogP contribution in [0.15, 0.2) is 11.8 Å². The fourth-order valence-electron chi connectivity index (χ4n) is 4.07. The second kappa shape index (κ2) is 7.97. The molecule has 0 radical (unpaired) electrons. The molecule has 0 bridgehead atoms. The average Bonchev–Trinajstić information content (AvgIpc) is 3.06. The lowest BCUT2D eigenvalue weighted by Gasteiger charge is -2.43. The third-order valence-corrected chi connectivity index (χ3v) is 5.61. The lowest BCUT2D eigenvalue weighted by atomic mass is 9.70. The zero-order valence-electron chi connectivity index (χ0n) is 15.3. The van der Waals surface area contributed by atoms with Crippen molar-refractivity contribution in [2.45, 2.75) is 49.8 Å². The Morgan fingerprint density at radius 2 is 1.90 bits per heavy atom. The number of carboxylic acids is 1. The van der Waals surface area contributed by atoms with Crippen LogP contribution < -0.4 is 0 Å². The zero-order chi connectivity index (χ0) is 21.5. The Balaban J connectivity index is 1.92. The Kier molecular flexibility index (Phi) is 5.94. The number of esters is 1. The number of fused-ring (bicyclic) bond motifs is 1. The molecule has 1 aliphatic carbocycles. The van der Waals surface area contributed by atoms with E-state index < -0.39 is 78.2 Å². The highest BCUT2D eigenvalue weighted by atomic mass is 16.8. The number of carbonyl (C=O) groups excluding carboxylic acids is 2. The van der Waals surface area contributed by atoms with Gasteiger partial charge in [-0.1, -0.05) is 0 Å². The van der Waals surface area contributed by atoms with Crippen LogP contribution in [0.4, 0.5) is 0 Å². The topological polar surface area (TPSA) is 189 Å². The van der Waals surface area contributed by atoms with Gasteiger partial charge in [0.2, 0.25) is 6.29 Å². The molecule has 3 aliphatic rings. The summed E-state index contributed by atoms with van der Waals surface area (Å²) in [5, 5.41) is 49.0. The Hall–Kier alpha value is -2.09. The molecule has 0 aromatic heterocycles. The van der Waals surface area contributed by atoms with Gasteiger partial charge in [-0.2, -0.15) is 0 Å². The smallest absolute Gasteiger partial charge is 0.338 e. The summed E-state index contributed by atoms with van der Waals surface area (Å²) in [7, 11) is 1.03. The van der Waals surface area contributed by atoms with E-state index in [4.69, 9.17) is 14.2 Å². The van der Waals surface area contributed by atoms with Crippen LogP contribution in [0.5, 0.6) is 0 Å². The van der Waals surface area contributed by atoms with Crippen LogP contribution in [0.2, 0.25) is 0 Å². The first-order valence-corrected chi connectivity index (χ1v) is 8.87. The number of hydrogen-bond donors (Lipinski definition) is 5. The van der Waals surface area contributed by atoms with Crippen molar-refractivity contribution in [3.05, 3.63) is 11.8 Å². The number of carbonyl (C=O) groups is 3. The minimum atomic E-state index is -2.26. The molecule has 0 spiro atoms. The Labute approximate surface area is 164 Å². The molecule has 12 heteroatoms. The molecule has 1 saturated heterocycles. The fraction of sp³-hybridized carbons (Fsp3) is 0.706. The van der Waals surface area contributed by atoms with E-state index in [2.05, 4.69) is 4.74 Å². The van der Waals surface area contributed by atoms with Gasteiger partial charge in [0.05, 0.1) is 25.6 Å². The Morgan fingerprint density at radius 1 is 1.21 bits per heavy atom. The van der Waals surface area contributed by atoms with Crippen molar-refractivity contribution in [2.24, 2.45) is 11.3 Å². The van der Waals surface area contributed by atoms with E-state index in [0.717, 1.165) is 13.4 Å². The van der Waals surface area contributed by atoms with Gasteiger partial charge in [-0.25, -0.2) is 4.79 Å². The minimum Gasteiger partial charge on any atom is -0.480 e. The summed E-state index contributed by atoms with van der Waals surface area (Å²) in [6.45, 7) is -0.691. The van der Waals surface area contributed by atoms with E-state index >= 15 is 0 Å². The molecule has 29 heavy (non-hydrogen) atoms. The summed E-state index contributed by atoms with van der Waals surface area (Å²) in [6.07, 6.45) is -8.77.